The zero-order valence-electron chi connectivity index (χ0n) is 23.6. The van der Waals surface area contributed by atoms with Crippen molar-refractivity contribution in [1.82, 2.24) is 19.8 Å². The monoisotopic (exact) mass is 555 g/mol. The molecule has 2 amide bonds. The van der Waals surface area contributed by atoms with Crippen molar-refractivity contribution >= 4 is 23.3 Å². The summed E-state index contributed by atoms with van der Waals surface area (Å²) in [6.07, 6.45) is 6.81. The van der Waals surface area contributed by atoms with Crippen LogP contribution < -0.4 is 15.0 Å². The molecule has 3 atom stereocenters. The molecule has 1 N–H and O–H groups in total. The molecule has 0 unspecified atom stereocenters. The first-order chi connectivity index (χ1) is 19.9. The second kappa shape index (κ2) is 11.1. The minimum absolute atomic E-state index is 0.0303. The van der Waals surface area contributed by atoms with Crippen LogP contribution in [0.2, 0.25) is 0 Å². The standard InChI is InChI=1S/C31H37N7O3/c1-3-26(39)38-17-16-37(19-22(38)12-14-32)28-27-25(33-30(35-28)41-20-23-10-7-15-36(23)2)18-31(29(40)34-27)13-6-9-21-8-4-5-11-24(21)31/h3-5,8,11,22-23H,1,6-7,9-10,12-13,15-20H2,2H3,(H,34,40)/t22-,23-,31+/m0/s1. The molecule has 1 aromatic carbocycles. The highest BCUT2D eigenvalue weighted by molar-refractivity contribution is 6.04. The molecule has 1 aromatic heterocycles. The van der Waals surface area contributed by atoms with Crippen LogP contribution in [0.4, 0.5) is 11.5 Å². The van der Waals surface area contributed by atoms with Crippen LogP contribution in [0.5, 0.6) is 6.01 Å². The van der Waals surface area contributed by atoms with Crippen LogP contribution in [-0.2, 0) is 27.8 Å². The molecule has 6 rings (SSSR count). The average Bonchev–Trinajstić information content (AvgIpc) is 3.40. The number of ether oxygens (including phenoxy) is 1. The SMILES string of the molecule is C=CC(=O)N1CCN(c2nc(OC[C@@H]3CCCN3C)nc3c2NC(=O)[C@]2(CCCc4ccccc42)C3)C[C@@H]1CC#N. The van der Waals surface area contributed by atoms with Gasteiger partial charge in [0, 0.05) is 32.1 Å². The van der Waals surface area contributed by atoms with Crippen LogP contribution >= 0.6 is 0 Å². The van der Waals surface area contributed by atoms with Gasteiger partial charge in [0.2, 0.25) is 11.8 Å². The van der Waals surface area contributed by atoms with E-state index in [0.717, 1.165) is 49.9 Å². The van der Waals surface area contributed by atoms with E-state index in [1.807, 2.05) is 12.1 Å². The third kappa shape index (κ3) is 4.93. The number of amides is 2. The fraction of sp³-hybridized carbons (Fsp3) is 0.516. The first kappa shape index (κ1) is 27.2. The summed E-state index contributed by atoms with van der Waals surface area (Å²) >= 11 is 0. The summed E-state index contributed by atoms with van der Waals surface area (Å²) < 4.78 is 6.25. The number of hydrogen-bond donors (Lipinski definition) is 1. The predicted octanol–water partition coefficient (Wildman–Crippen LogP) is 2.84. The number of carbonyl (C=O) groups is 2. The van der Waals surface area contributed by atoms with E-state index in [9.17, 15) is 14.9 Å². The van der Waals surface area contributed by atoms with Crippen LogP contribution in [0.25, 0.3) is 0 Å². The second-order valence-corrected chi connectivity index (χ2v) is 11.7. The van der Waals surface area contributed by atoms with Crippen molar-refractivity contribution in [2.75, 3.05) is 50.1 Å². The van der Waals surface area contributed by atoms with Gasteiger partial charge < -0.3 is 24.8 Å². The number of carbonyl (C=O) groups excluding carboxylic acids is 2. The summed E-state index contributed by atoms with van der Waals surface area (Å²) in [5.41, 5.74) is 2.98. The highest BCUT2D eigenvalue weighted by Crippen LogP contribution is 2.46. The van der Waals surface area contributed by atoms with Crippen molar-refractivity contribution in [3.05, 3.63) is 53.7 Å². The Kier molecular flexibility index (Phi) is 7.39. The number of benzene rings is 1. The Hall–Kier alpha value is -3.97. The number of fused-ring (bicyclic) bond motifs is 3. The Morgan fingerprint density at radius 2 is 2.10 bits per heavy atom. The highest BCUT2D eigenvalue weighted by atomic mass is 16.5. The number of rotatable bonds is 6. The maximum Gasteiger partial charge on any atom is 0.318 e. The Balaban J connectivity index is 1.37. The molecule has 41 heavy (non-hydrogen) atoms. The Morgan fingerprint density at radius 3 is 2.88 bits per heavy atom. The van der Waals surface area contributed by atoms with Gasteiger partial charge in [-0.25, -0.2) is 0 Å². The van der Waals surface area contributed by atoms with Gasteiger partial charge in [0.1, 0.15) is 12.3 Å². The number of aromatic nitrogens is 2. The summed E-state index contributed by atoms with van der Waals surface area (Å²) in [4.78, 5) is 42.3. The number of piperazine rings is 1. The normalized spacial score (nSPS) is 25.7. The van der Waals surface area contributed by atoms with Gasteiger partial charge in [-0.15, -0.1) is 0 Å². The van der Waals surface area contributed by atoms with E-state index in [-0.39, 0.29) is 24.3 Å². The van der Waals surface area contributed by atoms with Gasteiger partial charge in [-0.05, 0) is 62.9 Å². The number of aryl methyl sites for hydroxylation is 1. The molecule has 1 aliphatic carbocycles. The maximum atomic E-state index is 14.0. The van der Waals surface area contributed by atoms with E-state index in [4.69, 9.17) is 14.7 Å². The molecular formula is C31H37N7O3. The first-order valence-electron chi connectivity index (χ1n) is 14.6. The van der Waals surface area contributed by atoms with Crippen LogP contribution in [0.15, 0.2) is 36.9 Å². The number of nitriles is 1. The number of hydrogen-bond acceptors (Lipinski definition) is 8. The minimum Gasteiger partial charge on any atom is -0.462 e. The van der Waals surface area contributed by atoms with Gasteiger partial charge in [0.05, 0.1) is 29.6 Å². The van der Waals surface area contributed by atoms with Crippen LogP contribution in [-0.4, -0.2) is 83.5 Å². The van der Waals surface area contributed by atoms with Crippen LogP contribution in [0, 0.1) is 11.3 Å². The van der Waals surface area contributed by atoms with E-state index < -0.39 is 5.41 Å². The summed E-state index contributed by atoms with van der Waals surface area (Å²) in [7, 11) is 2.11. The predicted molar refractivity (Wildman–Crippen MR) is 155 cm³/mol. The third-order valence-electron chi connectivity index (χ3n) is 9.31. The summed E-state index contributed by atoms with van der Waals surface area (Å²) in [6.45, 7) is 6.50. The van der Waals surface area contributed by atoms with Gasteiger partial charge in [0.15, 0.2) is 5.82 Å². The van der Waals surface area contributed by atoms with E-state index in [0.29, 0.717) is 56.2 Å². The number of anilines is 2. The van der Waals surface area contributed by atoms with E-state index >= 15 is 0 Å². The van der Waals surface area contributed by atoms with Crippen molar-refractivity contribution in [3.8, 4) is 12.1 Å². The van der Waals surface area contributed by atoms with Crippen molar-refractivity contribution in [3.63, 3.8) is 0 Å². The van der Waals surface area contributed by atoms with Gasteiger partial charge in [-0.1, -0.05) is 30.8 Å². The molecule has 2 saturated heterocycles. The van der Waals surface area contributed by atoms with Crippen molar-refractivity contribution in [1.29, 1.82) is 5.26 Å². The Bertz CT molecular complexity index is 1400. The Morgan fingerprint density at radius 1 is 1.24 bits per heavy atom. The van der Waals surface area contributed by atoms with Gasteiger partial charge in [-0.3, -0.25) is 9.59 Å². The van der Waals surface area contributed by atoms with Crippen molar-refractivity contribution in [2.24, 2.45) is 0 Å². The summed E-state index contributed by atoms with van der Waals surface area (Å²) in [5, 5.41) is 12.7. The molecule has 1 spiro atoms. The number of nitrogens with zero attached hydrogens (tertiary/aromatic N) is 6. The van der Waals surface area contributed by atoms with Crippen LogP contribution in [0.1, 0.15) is 48.9 Å². The van der Waals surface area contributed by atoms with E-state index in [2.05, 4.69) is 46.9 Å². The topological polar surface area (TPSA) is 115 Å². The molecule has 4 aliphatic rings. The fourth-order valence-corrected chi connectivity index (χ4v) is 7.06. The lowest BCUT2D eigenvalue weighted by Crippen LogP contribution is -2.55. The molecular weight excluding hydrogens is 518 g/mol. The quantitative estimate of drug-likeness (QED) is 0.542. The molecule has 0 bridgehead atoms. The lowest BCUT2D eigenvalue weighted by Gasteiger charge is -2.44. The number of nitrogens with one attached hydrogen (secondary N) is 1. The fourth-order valence-electron chi connectivity index (χ4n) is 7.06. The first-order valence-corrected chi connectivity index (χ1v) is 14.6. The summed E-state index contributed by atoms with van der Waals surface area (Å²) in [6, 6.07) is 10.7. The molecule has 4 heterocycles. The maximum absolute atomic E-state index is 14.0. The molecule has 2 fully saturated rings. The summed E-state index contributed by atoms with van der Waals surface area (Å²) in [5.74, 6) is 0.369. The highest BCUT2D eigenvalue weighted by Gasteiger charge is 2.48. The van der Waals surface area contributed by atoms with Gasteiger partial charge >= 0.3 is 6.01 Å². The lowest BCUT2D eigenvalue weighted by molar-refractivity contribution is -0.128. The largest absolute Gasteiger partial charge is 0.462 e. The van der Waals surface area contributed by atoms with Gasteiger partial charge in [-0.2, -0.15) is 15.2 Å². The molecule has 3 aliphatic heterocycles. The zero-order chi connectivity index (χ0) is 28.6. The van der Waals surface area contributed by atoms with Gasteiger partial charge in [0.25, 0.3) is 0 Å². The van der Waals surface area contributed by atoms with Crippen LogP contribution in [0.3, 0.4) is 0 Å². The average molecular weight is 556 g/mol. The van der Waals surface area contributed by atoms with E-state index in [1.54, 1.807) is 4.90 Å². The zero-order valence-corrected chi connectivity index (χ0v) is 23.6. The number of likely N-dealkylation sites (tertiary alicyclic amines) is 1. The third-order valence-corrected chi connectivity index (χ3v) is 9.31. The molecule has 10 heteroatoms. The molecule has 0 saturated carbocycles. The molecule has 214 valence electrons. The minimum atomic E-state index is -0.686. The molecule has 0 radical (unpaired) electrons. The molecule has 2 aromatic rings. The molecule has 10 nitrogen and oxygen atoms in total. The smallest absolute Gasteiger partial charge is 0.318 e. The second-order valence-electron chi connectivity index (χ2n) is 11.7. The van der Waals surface area contributed by atoms with E-state index in [1.165, 1.54) is 11.6 Å². The Labute approximate surface area is 241 Å². The van der Waals surface area contributed by atoms with Crippen molar-refractivity contribution < 1.29 is 14.3 Å². The number of likely N-dealkylation sites (N-methyl/N-ethyl adjacent to an activating group) is 1. The lowest BCUT2D eigenvalue weighted by atomic mass is 9.65. The van der Waals surface area contributed by atoms with Crippen molar-refractivity contribution in [2.45, 2.75) is 62.4 Å².